The van der Waals surface area contributed by atoms with Crippen LogP contribution in [0.3, 0.4) is 0 Å². The maximum atomic E-state index is 4.79. The number of unbranched alkanes of at least 4 members (excludes halogenated alkanes) is 2. The van der Waals surface area contributed by atoms with Gasteiger partial charge in [-0.25, -0.2) is 9.67 Å². The molecule has 0 unspecified atom stereocenters. The third kappa shape index (κ3) is 5.17. The summed E-state index contributed by atoms with van der Waals surface area (Å²) in [6, 6.07) is 16.7. The van der Waals surface area contributed by atoms with E-state index in [1.165, 1.54) is 18.4 Å². The monoisotopic (exact) mass is 427 g/mol. The molecule has 2 heterocycles. The summed E-state index contributed by atoms with van der Waals surface area (Å²) in [5.74, 6) is 2.44. The molecule has 0 amide bonds. The first-order valence-electron chi connectivity index (χ1n) is 11.3. The van der Waals surface area contributed by atoms with E-state index in [0.29, 0.717) is 12.4 Å². The maximum absolute atomic E-state index is 4.79. The Labute approximate surface area is 188 Å². The van der Waals surface area contributed by atoms with Crippen LogP contribution in [-0.4, -0.2) is 35.4 Å². The summed E-state index contributed by atoms with van der Waals surface area (Å²) in [4.78, 5) is 4.76. The third-order valence-corrected chi connectivity index (χ3v) is 5.36. The summed E-state index contributed by atoms with van der Waals surface area (Å²) in [6.45, 7) is 5.03. The molecule has 7 nitrogen and oxygen atoms in total. The molecule has 0 fully saturated rings. The molecule has 32 heavy (non-hydrogen) atoms. The van der Waals surface area contributed by atoms with Crippen LogP contribution in [0.1, 0.15) is 56.7 Å². The minimum atomic E-state index is 0.593. The van der Waals surface area contributed by atoms with Crippen LogP contribution in [0, 0.1) is 0 Å². The lowest BCUT2D eigenvalue weighted by Crippen LogP contribution is -2.04. The fourth-order valence-corrected chi connectivity index (χ4v) is 3.67. The second-order valence-electron chi connectivity index (χ2n) is 7.79. The average Bonchev–Trinajstić information content (AvgIpc) is 3.49. The van der Waals surface area contributed by atoms with E-state index in [2.05, 4.69) is 77.0 Å². The Morgan fingerprint density at radius 1 is 0.969 bits per heavy atom. The molecule has 7 heteroatoms. The molecule has 4 rings (SSSR count). The van der Waals surface area contributed by atoms with Gasteiger partial charge in [-0.2, -0.15) is 10.3 Å². The second-order valence-corrected chi connectivity index (χ2v) is 7.79. The molecule has 4 aromatic rings. The van der Waals surface area contributed by atoms with Crippen molar-refractivity contribution in [3.05, 3.63) is 71.8 Å². The lowest BCUT2D eigenvalue weighted by Gasteiger charge is -2.09. The largest absolute Gasteiger partial charge is 0.242 e. The fraction of sp³-hybridized carbons (Fsp3) is 0.320. The van der Waals surface area contributed by atoms with Crippen molar-refractivity contribution < 1.29 is 0 Å². The van der Waals surface area contributed by atoms with Gasteiger partial charge in [0.15, 0.2) is 11.6 Å². The first-order chi connectivity index (χ1) is 15.8. The lowest BCUT2D eigenvalue weighted by molar-refractivity contribution is 0.646. The van der Waals surface area contributed by atoms with Gasteiger partial charge in [0.1, 0.15) is 0 Å². The smallest absolute Gasteiger partial charge is 0.205 e. The summed E-state index contributed by atoms with van der Waals surface area (Å²) in [5, 5.41) is 19.3. The fourth-order valence-electron chi connectivity index (χ4n) is 3.67. The van der Waals surface area contributed by atoms with Crippen LogP contribution in [0.5, 0.6) is 0 Å². The highest BCUT2D eigenvalue weighted by Crippen LogP contribution is 2.29. The number of allylic oxidation sites excluding steroid dienone is 1. The molecule has 164 valence electrons. The summed E-state index contributed by atoms with van der Waals surface area (Å²) in [7, 11) is 0. The van der Waals surface area contributed by atoms with Gasteiger partial charge in [-0.15, -0.1) is 10.2 Å². The van der Waals surface area contributed by atoms with E-state index in [1.807, 2.05) is 22.9 Å². The van der Waals surface area contributed by atoms with E-state index in [0.717, 1.165) is 47.6 Å². The van der Waals surface area contributed by atoms with Gasteiger partial charge in [0.05, 0.1) is 6.54 Å². The number of tetrazole rings is 1. The molecule has 2 aromatic heterocycles. The van der Waals surface area contributed by atoms with Crippen molar-refractivity contribution in [2.24, 2.45) is 0 Å². The molecule has 0 saturated carbocycles. The quantitative estimate of drug-likeness (QED) is 0.346. The topological polar surface area (TPSA) is 85.2 Å². The number of hydrogen-bond acceptors (Lipinski definition) is 5. The van der Waals surface area contributed by atoms with Crippen LogP contribution in [0.4, 0.5) is 0 Å². The molecule has 0 bridgehead atoms. The standard InChI is InChI=1S/C25H29N7/c1-3-5-7-12-23-26-24(13-6-4-2)32(29-23)18-19-14-16-20(17-15-19)21-10-8-9-11-22(21)25-27-30-31-28-25/h6,8-11,13-17H,3-5,7,12,18H2,1-2H3,(H,27,28,30,31)/b13-6+. The van der Waals surface area contributed by atoms with Crippen LogP contribution in [0.15, 0.2) is 54.6 Å². The average molecular weight is 428 g/mol. The molecule has 0 aliphatic carbocycles. The molecule has 1 N–H and O–H groups in total. The molecular formula is C25H29N7. The number of nitrogens with zero attached hydrogens (tertiary/aromatic N) is 6. The highest BCUT2D eigenvalue weighted by atomic mass is 15.5. The van der Waals surface area contributed by atoms with Crippen LogP contribution >= 0.6 is 0 Å². The van der Waals surface area contributed by atoms with Gasteiger partial charge in [-0.3, -0.25) is 0 Å². The van der Waals surface area contributed by atoms with Crippen LogP contribution in [0.25, 0.3) is 28.6 Å². The van der Waals surface area contributed by atoms with E-state index < -0.39 is 0 Å². The molecule has 0 atom stereocenters. The number of aromatic nitrogens is 7. The number of aromatic amines is 1. The minimum absolute atomic E-state index is 0.593. The zero-order valence-corrected chi connectivity index (χ0v) is 18.7. The molecule has 0 radical (unpaired) electrons. The summed E-state index contributed by atoms with van der Waals surface area (Å²) < 4.78 is 2.01. The number of H-pyrrole nitrogens is 1. The normalized spacial score (nSPS) is 11.4. The maximum Gasteiger partial charge on any atom is 0.205 e. The predicted octanol–water partition coefficient (Wildman–Crippen LogP) is 5.33. The Bertz CT molecular complexity index is 1140. The van der Waals surface area contributed by atoms with Crippen molar-refractivity contribution >= 4 is 6.08 Å². The summed E-state index contributed by atoms with van der Waals surface area (Å²) >= 11 is 0. The summed E-state index contributed by atoms with van der Waals surface area (Å²) in [5.41, 5.74) is 4.32. The highest BCUT2D eigenvalue weighted by Gasteiger charge is 2.12. The second kappa shape index (κ2) is 10.6. The molecule has 0 spiro atoms. The molecule has 2 aromatic carbocycles. The van der Waals surface area contributed by atoms with Crippen molar-refractivity contribution in [1.82, 2.24) is 35.4 Å². The minimum Gasteiger partial charge on any atom is -0.242 e. The Balaban J connectivity index is 1.55. The van der Waals surface area contributed by atoms with Crippen molar-refractivity contribution in [3.8, 4) is 22.5 Å². The predicted molar refractivity (Wildman–Crippen MR) is 127 cm³/mol. The number of aryl methyl sites for hydroxylation is 1. The van der Waals surface area contributed by atoms with Gasteiger partial charge in [-0.1, -0.05) is 81.3 Å². The first kappa shape index (κ1) is 21.6. The van der Waals surface area contributed by atoms with Crippen LogP contribution in [0.2, 0.25) is 0 Å². The molecular weight excluding hydrogens is 398 g/mol. The van der Waals surface area contributed by atoms with Crippen LogP contribution < -0.4 is 0 Å². The SMILES string of the molecule is CC/C=C/c1nc(CCCCC)nn1Cc1ccc(-c2ccccc2-c2nn[nH]n2)cc1. The van der Waals surface area contributed by atoms with E-state index in [1.54, 1.807) is 0 Å². The Morgan fingerprint density at radius 3 is 2.50 bits per heavy atom. The lowest BCUT2D eigenvalue weighted by atomic mass is 9.98. The van der Waals surface area contributed by atoms with Crippen molar-refractivity contribution in [3.63, 3.8) is 0 Å². The van der Waals surface area contributed by atoms with Gasteiger partial charge in [0.25, 0.3) is 0 Å². The van der Waals surface area contributed by atoms with Gasteiger partial charge >= 0.3 is 0 Å². The Morgan fingerprint density at radius 2 is 1.78 bits per heavy atom. The highest BCUT2D eigenvalue weighted by molar-refractivity contribution is 5.80. The van der Waals surface area contributed by atoms with Gasteiger partial charge < -0.3 is 0 Å². The van der Waals surface area contributed by atoms with Crippen molar-refractivity contribution in [2.75, 3.05) is 0 Å². The van der Waals surface area contributed by atoms with E-state index in [9.17, 15) is 0 Å². The van der Waals surface area contributed by atoms with Crippen molar-refractivity contribution in [2.45, 2.75) is 52.5 Å². The number of benzene rings is 2. The summed E-state index contributed by atoms with van der Waals surface area (Å²) in [6.07, 6.45) is 9.66. The molecule has 0 saturated heterocycles. The van der Waals surface area contributed by atoms with E-state index in [4.69, 9.17) is 10.1 Å². The Kier molecular flexibility index (Phi) is 7.17. The number of nitrogens with one attached hydrogen (secondary N) is 1. The van der Waals surface area contributed by atoms with E-state index >= 15 is 0 Å². The molecule has 0 aliphatic rings. The number of hydrogen-bond donors (Lipinski definition) is 1. The zero-order chi connectivity index (χ0) is 22.2. The van der Waals surface area contributed by atoms with Gasteiger partial charge in [-0.05, 0) is 40.8 Å². The van der Waals surface area contributed by atoms with Gasteiger partial charge in [0, 0.05) is 12.0 Å². The third-order valence-electron chi connectivity index (χ3n) is 5.36. The molecule has 0 aliphatic heterocycles. The van der Waals surface area contributed by atoms with Crippen molar-refractivity contribution in [1.29, 1.82) is 0 Å². The zero-order valence-electron chi connectivity index (χ0n) is 18.7. The van der Waals surface area contributed by atoms with E-state index in [-0.39, 0.29) is 0 Å². The van der Waals surface area contributed by atoms with Gasteiger partial charge in [0.2, 0.25) is 5.82 Å². The van der Waals surface area contributed by atoms with Crippen LogP contribution in [-0.2, 0) is 13.0 Å². The number of rotatable bonds is 10. The first-order valence-corrected chi connectivity index (χ1v) is 11.3. The Hall–Kier alpha value is -3.61.